The van der Waals surface area contributed by atoms with Crippen LogP contribution in [0.2, 0.25) is 0 Å². The van der Waals surface area contributed by atoms with Crippen molar-refractivity contribution in [3.05, 3.63) is 60.0 Å². The van der Waals surface area contributed by atoms with Gasteiger partial charge in [-0.3, -0.25) is 9.59 Å². The van der Waals surface area contributed by atoms with Crippen LogP contribution < -0.4 is 5.32 Å². The van der Waals surface area contributed by atoms with Crippen LogP contribution in [0.1, 0.15) is 18.9 Å². The van der Waals surface area contributed by atoms with Crippen LogP contribution in [0.5, 0.6) is 0 Å². The average molecular weight is 425 g/mol. The van der Waals surface area contributed by atoms with E-state index in [-0.39, 0.29) is 24.3 Å². The van der Waals surface area contributed by atoms with Crippen molar-refractivity contribution in [3.8, 4) is 10.4 Å². The Morgan fingerprint density at radius 1 is 1.33 bits per heavy atom. The summed E-state index contributed by atoms with van der Waals surface area (Å²) >= 11 is 1.70. The maximum absolute atomic E-state index is 13.1. The largest absolute Gasteiger partial charge is 0.361 e. The highest BCUT2D eigenvalue weighted by atomic mass is 32.1. The van der Waals surface area contributed by atoms with E-state index in [1.54, 1.807) is 17.4 Å². The van der Waals surface area contributed by atoms with Crippen LogP contribution in [0.3, 0.4) is 0 Å². The molecule has 0 bridgehead atoms. The number of ether oxygens (including phenoxy) is 1. The van der Waals surface area contributed by atoms with Gasteiger partial charge in [0.1, 0.15) is 0 Å². The van der Waals surface area contributed by atoms with Gasteiger partial charge in [0.2, 0.25) is 5.91 Å². The molecule has 5 nitrogen and oxygen atoms in total. The van der Waals surface area contributed by atoms with Crippen LogP contribution in [-0.2, 0) is 20.7 Å². The molecule has 0 unspecified atom stereocenters. The molecule has 2 amide bonds. The lowest BCUT2D eigenvalue weighted by Crippen LogP contribution is -2.62. The molecular weight excluding hydrogens is 396 g/mol. The van der Waals surface area contributed by atoms with Gasteiger partial charge in [-0.05, 0) is 34.9 Å². The maximum atomic E-state index is 13.1. The molecule has 30 heavy (non-hydrogen) atoms. The molecule has 1 aromatic heterocycles. The molecule has 1 saturated carbocycles. The van der Waals surface area contributed by atoms with Crippen LogP contribution in [0.25, 0.3) is 10.4 Å². The number of benzene rings is 1. The Morgan fingerprint density at radius 2 is 2.10 bits per heavy atom. The van der Waals surface area contributed by atoms with E-state index in [0.717, 1.165) is 17.5 Å². The second kappa shape index (κ2) is 8.74. The van der Waals surface area contributed by atoms with Gasteiger partial charge in [0.15, 0.2) is 5.60 Å². The molecular formula is C24H28N2O3S. The molecule has 2 aliphatic rings. The van der Waals surface area contributed by atoms with Crippen molar-refractivity contribution in [3.63, 3.8) is 0 Å². The van der Waals surface area contributed by atoms with Crippen molar-refractivity contribution >= 4 is 23.2 Å². The molecule has 2 aromatic rings. The van der Waals surface area contributed by atoms with Crippen molar-refractivity contribution in [2.45, 2.75) is 25.4 Å². The Bertz CT molecular complexity index is 909. The molecule has 1 saturated heterocycles. The molecule has 0 radical (unpaired) electrons. The van der Waals surface area contributed by atoms with E-state index in [1.807, 2.05) is 23.1 Å². The van der Waals surface area contributed by atoms with Crippen LogP contribution in [-0.4, -0.2) is 48.6 Å². The Balaban J connectivity index is 1.55. The molecule has 2 fully saturated rings. The fourth-order valence-corrected chi connectivity index (χ4v) is 4.82. The van der Waals surface area contributed by atoms with Gasteiger partial charge < -0.3 is 15.0 Å². The average Bonchev–Trinajstić information content (AvgIpc) is 3.25. The topological polar surface area (TPSA) is 58.6 Å². The summed E-state index contributed by atoms with van der Waals surface area (Å²) in [6.45, 7) is 7.33. The zero-order valence-electron chi connectivity index (χ0n) is 17.3. The number of hydrogen-bond acceptors (Lipinski definition) is 4. The third-order valence-corrected chi connectivity index (χ3v) is 6.91. The van der Waals surface area contributed by atoms with Crippen molar-refractivity contribution in [1.29, 1.82) is 0 Å². The van der Waals surface area contributed by atoms with Gasteiger partial charge >= 0.3 is 0 Å². The standard InChI is InChI=1S/C24H28N2O3S/c1-3-10-25-23(28)24(16-26(11-12-29-24)22(27)20-14-17(20)2)15-18-6-8-19(9-7-18)21-5-4-13-30-21/h3-9,13,17,20H,1,10-12,14-16H2,2H3,(H,25,28)/t17-,20-,24-/m0/s1. The molecule has 6 heteroatoms. The number of rotatable bonds is 7. The van der Waals surface area contributed by atoms with E-state index >= 15 is 0 Å². The fraction of sp³-hybridized carbons (Fsp3) is 0.417. The van der Waals surface area contributed by atoms with Crippen LogP contribution in [0.15, 0.2) is 54.4 Å². The van der Waals surface area contributed by atoms with E-state index in [0.29, 0.717) is 32.0 Å². The van der Waals surface area contributed by atoms with Gasteiger partial charge in [0.05, 0.1) is 13.2 Å². The van der Waals surface area contributed by atoms with E-state index in [2.05, 4.69) is 42.4 Å². The summed E-state index contributed by atoms with van der Waals surface area (Å²) in [6, 6.07) is 12.4. The number of morpholine rings is 1. The fourth-order valence-electron chi connectivity index (χ4n) is 4.08. The SMILES string of the molecule is C=CCNC(=O)[C@]1(Cc2ccc(-c3cccs3)cc2)CN(C(=O)[C@H]2C[C@@H]2C)CCO1. The number of nitrogens with zero attached hydrogens (tertiary/aromatic N) is 1. The Kier molecular flexibility index (Phi) is 6.06. The molecule has 1 N–H and O–H groups in total. The second-order valence-electron chi connectivity index (χ2n) is 8.27. The third-order valence-electron chi connectivity index (χ3n) is 5.99. The number of carbonyl (C=O) groups is 2. The van der Waals surface area contributed by atoms with Crippen molar-refractivity contribution in [2.24, 2.45) is 11.8 Å². The highest BCUT2D eigenvalue weighted by Crippen LogP contribution is 2.40. The first kappa shape index (κ1) is 20.8. The van der Waals surface area contributed by atoms with E-state index < -0.39 is 5.60 Å². The molecule has 2 heterocycles. The smallest absolute Gasteiger partial charge is 0.254 e. The van der Waals surface area contributed by atoms with Gasteiger partial charge in [0, 0.05) is 30.3 Å². The summed E-state index contributed by atoms with van der Waals surface area (Å²) in [4.78, 5) is 29.0. The van der Waals surface area contributed by atoms with Crippen molar-refractivity contribution in [2.75, 3.05) is 26.2 Å². The van der Waals surface area contributed by atoms with Crippen LogP contribution >= 0.6 is 11.3 Å². The summed E-state index contributed by atoms with van der Waals surface area (Å²) in [5, 5.41) is 4.95. The number of carbonyl (C=O) groups excluding carboxylic acids is 2. The van der Waals surface area contributed by atoms with Crippen LogP contribution in [0.4, 0.5) is 0 Å². The highest BCUT2D eigenvalue weighted by Gasteiger charge is 2.48. The second-order valence-corrected chi connectivity index (χ2v) is 9.22. The minimum absolute atomic E-state index is 0.0992. The number of amides is 2. The lowest BCUT2D eigenvalue weighted by molar-refractivity contribution is -0.166. The molecule has 1 aliphatic carbocycles. The first-order valence-electron chi connectivity index (χ1n) is 10.5. The maximum Gasteiger partial charge on any atom is 0.254 e. The number of nitrogens with one attached hydrogen (secondary N) is 1. The Hall–Kier alpha value is -2.44. The molecule has 158 valence electrons. The first-order valence-corrected chi connectivity index (χ1v) is 11.3. The quantitative estimate of drug-likeness (QED) is 0.692. The van der Waals surface area contributed by atoms with Gasteiger partial charge in [-0.15, -0.1) is 17.9 Å². The zero-order chi connectivity index (χ0) is 21.1. The van der Waals surface area contributed by atoms with E-state index in [4.69, 9.17) is 4.74 Å². The minimum Gasteiger partial charge on any atom is -0.361 e. The van der Waals surface area contributed by atoms with E-state index in [1.165, 1.54) is 4.88 Å². The summed E-state index contributed by atoms with van der Waals surface area (Å²) in [5.74, 6) is 0.502. The molecule has 1 aliphatic heterocycles. The predicted octanol–water partition coefficient (Wildman–Crippen LogP) is 3.51. The van der Waals surface area contributed by atoms with Crippen molar-refractivity contribution < 1.29 is 14.3 Å². The minimum atomic E-state index is -1.08. The van der Waals surface area contributed by atoms with Gasteiger partial charge in [-0.2, -0.15) is 0 Å². The normalized spacial score (nSPS) is 25.6. The summed E-state index contributed by atoms with van der Waals surface area (Å²) < 4.78 is 6.10. The van der Waals surface area contributed by atoms with Crippen LogP contribution in [0, 0.1) is 11.8 Å². The monoisotopic (exact) mass is 424 g/mol. The molecule has 3 atom stereocenters. The highest BCUT2D eigenvalue weighted by molar-refractivity contribution is 7.13. The van der Waals surface area contributed by atoms with Crippen molar-refractivity contribution in [1.82, 2.24) is 10.2 Å². The lowest BCUT2D eigenvalue weighted by Gasteiger charge is -2.42. The number of thiophene rings is 1. The first-order chi connectivity index (χ1) is 14.5. The molecule has 4 rings (SSSR count). The van der Waals surface area contributed by atoms with Gasteiger partial charge in [0.25, 0.3) is 5.91 Å². The zero-order valence-corrected chi connectivity index (χ0v) is 18.1. The third kappa shape index (κ3) is 4.35. The van der Waals surface area contributed by atoms with E-state index in [9.17, 15) is 9.59 Å². The molecule has 1 aromatic carbocycles. The predicted molar refractivity (Wildman–Crippen MR) is 119 cm³/mol. The Morgan fingerprint density at radius 3 is 2.73 bits per heavy atom. The number of hydrogen-bond donors (Lipinski definition) is 1. The summed E-state index contributed by atoms with van der Waals surface area (Å²) in [7, 11) is 0. The van der Waals surface area contributed by atoms with Gasteiger partial charge in [-0.1, -0.05) is 43.3 Å². The molecule has 0 spiro atoms. The van der Waals surface area contributed by atoms with Gasteiger partial charge in [-0.25, -0.2) is 0 Å². The summed E-state index contributed by atoms with van der Waals surface area (Å²) in [6.07, 6.45) is 3.01. The Labute approximate surface area is 181 Å². The summed E-state index contributed by atoms with van der Waals surface area (Å²) in [5.41, 5.74) is 1.08. The lowest BCUT2D eigenvalue weighted by atomic mass is 9.90.